The lowest BCUT2D eigenvalue weighted by Crippen LogP contribution is -2.22. The molecule has 6 heteroatoms. The average molecular weight is 283 g/mol. The maximum atomic E-state index is 11.9. The van der Waals surface area contributed by atoms with E-state index in [4.69, 9.17) is 16.3 Å². The van der Waals surface area contributed by atoms with Gasteiger partial charge in [0.2, 0.25) is 0 Å². The molecule has 0 aliphatic rings. The lowest BCUT2D eigenvalue weighted by atomic mass is 10.2. The summed E-state index contributed by atoms with van der Waals surface area (Å²) in [6.07, 6.45) is 0. The Labute approximate surface area is 114 Å². The number of hydrogen-bond donors (Lipinski definition) is 1. The fraction of sp³-hybridized carbons (Fsp3) is 0.167. The van der Waals surface area contributed by atoms with E-state index in [-0.39, 0.29) is 5.91 Å². The zero-order valence-corrected chi connectivity index (χ0v) is 11.2. The predicted molar refractivity (Wildman–Crippen MR) is 71.3 cm³/mol. The molecule has 0 bridgehead atoms. The monoisotopic (exact) mass is 282 g/mol. The van der Waals surface area contributed by atoms with Crippen LogP contribution in [0.25, 0.3) is 0 Å². The highest BCUT2D eigenvalue weighted by Gasteiger charge is 2.09. The summed E-state index contributed by atoms with van der Waals surface area (Å²) < 4.78 is 5.06. The average Bonchev–Trinajstić information content (AvgIpc) is 2.89. The first-order valence-electron chi connectivity index (χ1n) is 5.19. The quantitative estimate of drug-likeness (QED) is 0.938. The van der Waals surface area contributed by atoms with Crippen LogP contribution < -0.4 is 10.1 Å². The second-order valence-electron chi connectivity index (χ2n) is 3.51. The Morgan fingerprint density at radius 1 is 1.56 bits per heavy atom. The molecule has 0 spiro atoms. The molecule has 0 saturated carbocycles. The molecule has 0 aliphatic heterocycles. The van der Waals surface area contributed by atoms with E-state index in [2.05, 4.69) is 10.3 Å². The van der Waals surface area contributed by atoms with Crippen LogP contribution in [-0.2, 0) is 6.54 Å². The molecule has 2 rings (SSSR count). The lowest BCUT2D eigenvalue weighted by Gasteiger charge is -2.07. The minimum Gasteiger partial charge on any atom is -0.495 e. The standard InChI is InChI=1S/C12H11ClN2O2S/c1-17-11-4-8(2-3-10(11)13)12(16)14-5-9-6-18-7-15-9/h2-4,6-7H,5H2,1H3,(H,14,16). The lowest BCUT2D eigenvalue weighted by molar-refractivity contribution is 0.0950. The molecule has 1 aromatic heterocycles. The van der Waals surface area contributed by atoms with Gasteiger partial charge in [0, 0.05) is 10.9 Å². The van der Waals surface area contributed by atoms with E-state index in [0.717, 1.165) is 5.69 Å². The zero-order valence-electron chi connectivity index (χ0n) is 9.64. The summed E-state index contributed by atoms with van der Waals surface area (Å²) in [5.41, 5.74) is 3.08. The number of amides is 1. The summed E-state index contributed by atoms with van der Waals surface area (Å²) in [6.45, 7) is 0.410. The van der Waals surface area contributed by atoms with E-state index in [9.17, 15) is 4.79 Å². The van der Waals surface area contributed by atoms with E-state index in [1.807, 2.05) is 5.38 Å². The summed E-state index contributed by atoms with van der Waals surface area (Å²) in [5.74, 6) is 0.302. The number of carbonyl (C=O) groups is 1. The normalized spacial score (nSPS) is 10.1. The number of nitrogens with zero attached hydrogens (tertiary/aromatic N) is 1. The third kappa shape index (κ3) is 3.00. The molecule has 1 N–H and O–H groups in total. The van der Waals surface area contributed by atoms with Gasteiger partial charge < -0.3 is 10.1 Å². The van der Waals surface area contributed by atoms with Crippen LogP contribution in [0.3, 0.4) is 0 Å². The first kappa shape index (κ1) is 12.9. The van der Waals surface area contributed by atoms with Gasteiger partial charge in [-0.05, 0) is 18.2 Å². The zero-order chi connectivity index (χ0) is 13.0. The van der Waals surface area contributed by atoms with Crippen molar-refractivity contribution in [2.75, 3.05) is 7.11 Å². The van der Waals surface area contributed by atoms with Gasteiger partial charge in [0.05, 0.1) is 29.9 Å². The Morgan fingerprint density at radius 2 is 2.39 bits per heavy atom. The van der Waals surface area contributed by atoms with Gasteiger partial charge >= 0.3 is 0 Å². The Bertz CT molecular complexity index is 543. The van der Waals surface area contributed by atoms with Gasteiger partial charge in [-0.15, -0.1) is 11.3 Å². The number of ether oxygens (including phenoxy) is 1. The van der Waals surface area contributed by atoms with Gasteiger partial charge in [-0.25, -0.2) is 4.98 Å². The molecule has 1 heterocycles. The maximum Gasteiger partial charge on any atom is 0.251 e. The molecular formula is C12H11ClN2O2S. The van der Waals surface area contributed by atoms with Crippen molar-refractivity contribution in [2.45, 2.75) is 6.54 Å². The van der Waals surface area contributed by atoms with E-state index >= 15 is 0 Å². The molecular weight excluding hydrogens is 272 g/mol. The third-order valence-electron chi connectivity index (χ3n) is 2.33. The van der Waals surface area contributed by atoms with E-state index < -0.39 is 0 Å². The van der Waals surface area contributed by atoms with Crippen molar-refractivity contribution >= 4 is 28.8 Å². The van der Waals surface area contributed by atoms with E-state index in [1.54, 1.807) is 23.7 Å². The third-order valence-corrected chi connectivity index (χ3v) is 3.27. The number of halogens is 1. The van der Waals surface area contributed by atoms with Gasteiger partial charge in [0.1, 0.15) is 5.75 Å². The Hall–Kier alpha value is -1.59. The molecule has 0 unspecified atom stereocenters. The highest BCUT2D eigenvalue weighted by atomic mass is 35.5. The Balaban J connectivity index is 2.04. The number of hydrogen-bond acceptors (Lipinski definition) is 4. The fourth-order valence-corrected chi connectivity index (χ4v) is 2.15. The number of nitrogens with one attached hydrogen (secondary N) is 1. The van der Waals surface area contributed by atoms with Gasteiger partial charge in [0.15, 0.2) is 0 Å². The molecule has 94 valence electrons. The Morgan fingerprint density at radius 3 is 3.06 bits per heavy atom. The molecule has 0 aliphatic carbocycles. The van der Waals surface area contributed by atoms with Gasteiger partial charge in [0.25, 0.3) is 5.91 Å². The predicted octanol–water partition coefficient (Wildman–Crippen LogP) is 2.74. The Kier molecular flexibility index (Phi) is 4.17. The van der Waals surface area contributed by atoms with Crippen molar-refractivity contribution < 1.29 is 9.53 Å². The summed E-state index contributed by atoms with van der Waals surface area (Å²) >= 11 is 7.39. The van der Waals surface area contributed by atoms with Crippen LogP contribution in [-0.4, -0.2) is 18.0 Å². The van der Waals surface area contributed by atoms with Crippen molar-refractivity contribution in [2.24, 2.45) is 0 Å². The highest BCUT2D eigenvalue weighted by Crippen LogP contribution is 2.24. The van der Waals surface area contributed by atoms with Crippen LogP contribution in [0.15, 0.2) is 29.1 Å². The molecule has 0 saturated heterocycles. The first-order valence-corrected chi connectivity index (χ1v) is 6.51. The molecule has 18 heavy (non-hydrogen) atoms. The van der Waals surface area contributed by atoms with Gasteiger partial charge in [-0.1, -0.05) is 11.6 Å². The molecule has 0 radical (unpaired) electrons. The molecule has 1 amide bonds. The number of aromatic nitrogens is 1. The van der Waals surface area contributed by atoms with Crippen LogP contribution in [0.4, 0.5) is 0 Å². The number of rotatable bonds is 4. The molecule has 1 aromatic carbocycles. The summed E-state index contributed by atoms with van der Waals surface area (Å²) in [6, 6.07) is 4.90. The summed E-state index contributed by atoms with van der Waals surface area (Å²) in [5, 5.41) is 5.15. The second-order valence-corrected chi connectivity index (χ2v) is 4.64. The van der Waals surface area contributed by atoms with Crippen molar-refractivity contribution in [3.05, 3.63) is 45.4 Å². The van der Waals surface area contributed by atoms with Crippen molar-refractivity contribution in [3.63, 3.8) is 0 Å². The minimum atomic E-state index is -0.182. The molecule has 2 aromatic rings. The highest BCUT2D eigenvalue weighted by molar-refractivity contribution is 7.07. The van der Waals surface area contributed by atoms with Crippen LogP contribution in [0.5, 0.6) is 5.75 Å². The second kappa shape index (κ2) is 5.84. The number of carbonyl (C=O) groups excluding carboxylic acids is 1. The maximum absolute atomic E-state index is 11.9. The van der Waals surface area contributed by atoms with Gasteiger partial charge in [-0.2, -0.15) is 0 Å². The molecule has 0 atom stereocenters. The van der Waals surface area contributed by atoms with Crippen LogP contribution in [0.1, 0.15) is 16.1 Å². The fourth-order valence-electron chi connectivity index (χ4n) is 1.40. The van der Waals surface area contributed by atoms with Crippen LogP contribution in [0.2, 0.25) is 5.02 Å². The van der Waals surface area contributed by atoms with Crippen LogP contribution in [0, 0.1) is 0 Å². The number of methoxy groups -OCH3 is 1. The van der Waals surface area contributed by atoms with E-state index in [0.29, 0.717) is 22.9 Å². The topological polar surface area (TPSA) is 51.2 Å². The number of thiazole rings is 1. The minimum absolute atomic E-state index is 0.182. The van der Waals surface area contributed by atoms with Crippen molar-refractivity contribution in [1.82, 2.24) is 10.3 Å². The molecule has 0 fully saturated rings. The largest absolute Gasteiger partial charge is 0.495 e. The van der Waals surface area contributed by atoms with Crippen molar-refractivity contribution in [3.8, 4) is 5.75 Å². The number of benzene rings is 1. The SMILES string of the molecule is COc1cc(C(=O)NCc2cscn2)ccc1Cl. The van der Waals surface area contributed by atoms with Gasteiger partial charge in [-0.3, -0.25) is 4.79 Å². The van der Waals surface area contributed by atoms with Crippen LogP contribution >= 0.6 is 22.9 Å². The summed E-state index contributed by atoms with van der Waals surface area (Å²) in [7, 11) is 1.51. The molecule has 4 nitrogen and oxygen atoms in total. The summed E-state index contributed by atoms with van der Waals surface area (Å²) in [4.78, 5) is 16.0. The smallest absolute Gasteiger partial charge is 0.251 e. The first-order chi connectivity index (χ1) is 8.70. The van der Waals surface area contributed by atoms with Crippen molar-refractivity contribution in [1.29, 1.82) is 0 Å². The van der Waals surface area contributed by atoms with E-state index in [1.165, 1.54) is 18.4 Å².